The molecule has 0 aromatic heterocycles. The summed E-state index contributed by atoms with van der Waals surface area (Å²) in [5.74, 6) is 0. The molecule has 0 radical (unpaired) electrons. The molecular weight excluding hydrogens is 744 g/mol. The van der Waals surface area contributed by atoms with E-state index in [-0.39, 0.29) is 4.28 Å². The van der Waals surface area contributed by atoms with Gasteiger partial charge in [0.25, 0.3) is 0 Å². The molecule has 0 aliphatic heterocycles. The molecule has 0 fully saturated rings. The first-order chi connectivity index (χ1) is 19.7. The average Bonchev–Trinajstić information content (AvgIpc) is 2.64. The van der Waals surface area contributed by atoms with E-state index in [1.165, 1.54) is 5.19 Å². The molecule has 0 nitrogen and oxygen atoms in total. The molecule has 0 amide bonds. The first-order valence-electron chi connectivity index (χ1n) is 17.8. The summed E-state index contributed by atoms with van der Waals surface area (Å²) >= 11 is 15.9. The molecule has 0 bridgehead atoms. The van der Waals surface area contributed by atoms with Gasteiger partial charge in [-0.15, -0.1) is 27.7 Å². The molecule has 0 atom stereocenters. The summed E-state index contributed by atoms with van der Waals surface area (Å²) in [5.41, 5.74) is 12.3. The lowest BCUT2D eigenvalue weighted by Gasteiger charge is -2.60. The van der Waals surface area contributed by atoms with Crippen molar-refractivity contribution in [2.75, 3.05) is 0 Å². The van der Waals surface area contributed by atoms with Crippen LogP contribution in [0.3, 0.4) is 0 Å². The lowest BCUT2D eigenvalue weighted by molar-refractivity contribution is 0.995. The van der Waals surface area contributed by atoms with Gasteiger partial charge in [0.2, 0.25) is 0 Å². The summed E-state index contributed by atoms with van der Waals surface area (Å²) in [6, 6.07) is 5.59. The van der Waals surface area contributed by atoms with Crippen LogP contribution in [0, 0.1) is 11.1 Å². The molecule has 11 heteroatoms. The maximum Gasteiger partial charge on any atom is 0.355 e. The van der Waals surface area contributed by atoms with Gasteiger partial charge in [-0.3, -0.25) is 0 Å². The minimum atomic E-state index is -3.20. The van der Waals surface area contributed by atoms with E-state index in [0.717, 1.165) is 0 Å². The lowest BCUT2D eigenvalue weighted by Crippen LogP contribution is -2.74. The van der Waals surface area contributed by atoms with Crippen molar-refractivity contribution < 1.29 is 0 Å². The second kappa shape index (κ2) is 13.7. The highest BCUT2D eigenvalue weighted by atomic mass is 35.7. The molecule has 0 saturated heterocycles. The van der Waals surface area contributed by atoms with E-state index < -0.39 is 71.3 Å². The summed E-state index contributed by atoms with van der Waals surface area (Å²) in [6.45, 7) is 59.4. The highest BCUT2D eigenvalue weighted by Gasteiger charge is 2.61. The van der Waals surface area contributed by atoms with Crippen LogP contribution < -0.4 is 5.19 Å². The van der Waals surface area contributed by atoms with Crippen LogP contribution in [0.2, 0.25) is 157 Å². The number of rotatable bonds is 11. The minimum Gasteiger partial charge on any atom is -0.136 e. The van der Waals surface area contributed by atoms with Gasteiger partial charge in [-0.2, -0.15) is 0 Å². The molecule has 0 spiro atoms. The second-order valence-electron chi connectivity index (χ2n) is 22.9. The molecule has 0 saturated carbocycles. The largest absolute Gasteiger partial charge is 0.355 e. The van der Waals surface area contributed by atoms with Crippen LogP contribution in [0.4, 0.5) is 0 Å². The van der Waals surface area contributed by atoms with Crippen molar-refractivity contribution in [3.8, 4) is 11.1 Å². The van der Waals surface area contributed by atoms with Gasteiger partial charge >= 0.3 is 6.69 Å². The van der Waals surface area contributed by atoms with E-state index in [9.17, 15) is 0 Å². The second-order valence-corrected chi connectivity index (χ2v) is 73.2. The molecule has 1 rings (SSSR count). The van der Waals surface area contributed by atoms with Crippen LogP contribution in [0.5, 0.6) is 0 Å². The number of hydrogen-bond donors (Lipinski definition) is 0. The molecular formula is C35H76Cl2Si9. The summed E-state index contributed by atoms with van der Waals surface area (Å²) in [5, 5.41) is 2.46. The molecule has 0 N–H and O–H groups in total. The van der Waals surface area contributed by atoms with Crippen LogP contribution in [0.15, 0.2) is 12.1 Å². The number of benzene rings is 1. The van der Waals surface area contributed by atoms with Gasteiger partial charge in [-0.25, -0.2) is 0 Å². The van der Waals surface area contributed by atoms with Crippen molar-refractivity contribution in [1.82, 2.24) is 0 Å². The third-order valence-electron chi connectivity index (χ3n) is 10.0. The summed E-state index contributed by atoms with van der Waals surface area (Å²) in [6.07, 6.45) is 0. The fourth-order valence-electron chi connectivity index (χ4n) is 11.2. The van der Waals surface area contributed by atoms with Crippen LogP contribution in [0.1, 0.15) is 27.0 Å². The fraction of sp³-hybridized carbons (Fsp3) is 0.771. The standard InChI is InChI=1S/C35H76Cl2Si9/c1-38(2,3)25-26-46(36,37)32-30(33(39(4,5)6)40(7,8)9)27-29(28-31(32)34(41(10,11)12)42(13,14)15)35(43(16,17)18,44(19,20)21)45(22,23)24/h27-28,33-34H,1-24H3. The number of hydrogen-bond acceptors (Lipinski definition) is 0. The molecule has 266 valence electrons. The molecule has 46 heavy (non-hydrogen) atoms. The van der Waals surface area contributed by atoms with Crippen molar-refractivity contribution in [2.24, 2.45) is 0 Å². The predicted molar refractivity (Wildman–Crippen MR) is 245 cm³/mol. The summed E-state index contributed by atoms with van der Waals surface area (Å²) < 4.78 is 0.286. The monoisotopic (exact) mass is 818 g/mol. The van der Waals surface area contributed by atoms with Gasteiger partial charge in [0, 0.05) is 56.5 Å². The quantitative estimate of drug-likeness (QED) is 0.119. The van der Waals surface area contributed by atoms with Gasteiger partial charge in [-0.1, -0.05) is 175 Å². The average molecular weight is 821 g/mol. The smallest absolute Gasteiger partial charge is 0.136 e. The Kier molecular flexibility index (Phi) is 13.5. The van der Waals surface area contributed by atoms with Crippen molar-refractivity contribution in [3.05, 3.63) is 28.8 Å². The third kappa shape index (κ3) is 9.79. The van der Waals surface area contributed by atoms with E-state index in [4.69, 9.17) is 22.2 Å². The van der Waals surface area contributed by atoms with Crippen LogP contribution in [-0.4, -0.2) is 71.3 Å². The van der Waals surface area contributed by atoms with Crippen molar-refractivity contribution in [1.29, 1.82) is 0 Å². The SMILES string of the molecule is C[Si](C)(C)C#C[Si](Cl)(Cl)c1c(C([Si](C)(C)C)[Si](C)(C)C)cc(C([Si](C)(C)C)([Si](C)(C)C)[Si](C)(C)C)cc1C([Si](C)(C)C)[Si](C)(C)C. The first-order valence-corrected chi connectivity index (χ1v) is 50.1. The van der Waals surface area contributed by atoms with Crippen molar-refractivity contribution in [2.45, 2.75) is 172 Å². The van der Waals surface area contributed by atoms with Gasteiger partial charge in [0.05, 0.1) is 0 Å². The van der Waals surface area contributed by atoms with Crippen molar-refractivity contribution >= 4 is 98.6 Å². The van der Waals surface area contributed by atoms with Gasteiger partial charge in [0.15, 0.2) is 0 Å². The van der Waals surface area contributed by atoms with E-state index in [1.807, 2.05) is 0 Å². The third-order valence-corrected chi connectivity index (χ3v) is 54.2. The Morgan fingerprint density at radius 1 is 0.457 bits per heavy atom. The predicted octanol–water partition coefficient (Wildman–Crippen LogP) is 12.8. The highest BCUT2D eigenvalue weighted by Crippen LogP contribution is 2.52. The summed E-state index contributed by atoms with van der Waals surface area (Å²) in [7, 11) is -13.8. The fourth-order valence-corrected chi connectivity index (χ4v) is 72.8. The number of halogens is 2. The molecule has 0 unspecified atom stereocenters. The van der Waals surface area contributed by atoms with E-state index >= 15 is 0 Å². The van der Waals surface area contributed by atoms with Crippen LogP contribution >= 0.6 is 22.2 Å². The Labute approximate surface area is 307 Å². The van der Waals surface area contributed by atoms with E-state index in [0.29, 0.717) is 10.3 Å². The molecule has 0 heterocycles. The topological polar surface area (TPSA) is 0 Å². The first kappa shape index (κ1) is 45.3. The zero-order valence-electron chi connectivity index (χ0n) is 35.1. The van der Waals surface area contributed by atoms with Crippen LogP contribution in [0.25, 0.3) is 0 Å². The molecule has 1 aromatic rings. The van der Waals surface area contributed by atoms with E-state index in [2.05, 4.69) is 180 Å². The minimum absolute atomic E-state index is 0.286. The van der Waals surface area contributed by atoms with Gasteiger partial charge in [-0.05, 0) is 36.5 Å². The molecule has 0 aliphatic rings. The normalized spacial score (nSPS) is 15.4. The Morgan fingerprint density at radius 2 is 0.717 bits per heavy atom. The van der Waals surface area contributed by atoms with Crippen molar-refractivity contribution in [3.63, 3.8) is 0 Å². The maximum absolute atomic E-state index is 7.94. The Balaban J connectivity index is 5.18. The Hall–Kier alpha value is 1.31. The summed E-state index contributed by atoms with van der Waals surface area (Å²) in [4.78, 5) is 0. The zero-order valence-corrected chi connectivity index (χ0v) is 45.6. The maximum atomic E-state index is 7.94. The molecule has 0 aliphatic carbocycles. The van der Waals surface area contributed by atoms with Gasteiger partial charge < -0.3 is 0 Å². The lowest BCUT2D eigenvalue weighted by atomic mass is 10.1. The Bertz CT molecular complexity index is 1180. The van der Waals surface area contributed by atoms with E-state index in [1.54, 1.807) is 16.7 Å². The molecule has 1 aromatic carbocycles. The van der Waals surface area contributed by atoms with Crippen LogP contribution in [-0.2, 0) is 4.28 Å². The zero-order chi connectivity index (χ0) is 37.3. The highest BCUT2D eigenvalue weighted by molar-refractivity contribution is 7.54. The van der Waals surface area contributed by atoms with Gasteiger partial charge in [0.1, 0.15) is 8.07 Å². The Morgan fingerprint density at radius 3 is 0.913 bits per heavy atom.